The second kappa shape index (κ2) is 5.42. The van der Waals surface area contributed by atoms with Gasteiger partial charge in [0.15, 0.2) is 16.6 Å². The van der Waals surface area contributed by atoms with Gasteiger partial charge in [-0.25, -0.2) is 0 Å². The number of hydrogen-bond acceptors (Lipinski definition) is 2. The van der Waals surface area contributed by atoms with Crippen molar-refractivity contribution in [3.63, 3.8) is 0 Å². The van der Waals surface area contributed by atoms with Crippen LogP contribution >= 0.6 is 0 Å². The van der Waals surface area contributed by atoms with Gasteiger partial charge in [-0.15, -0.1) is 0 Å². The molecule has 0 atom stereocenters. The summed E-state index contributed by atoms with van der Waals surface area (Å²) in [5.74, 6) is 0. The molecule has 0 unspecified atom stereocenters. The summed E-state index contributed by atoms with van der Waals surface area (Å²) < 4.78 is 13.0. The normalized spacial score (nSPS) is 13.7. The fraction of sp³-hybridized carbons (Fsp3) is 0.538. The zero-order valence-corrected chi connectivity index (χ0v) is 15.7. The van der Waals surface area contributed by atoms with Crippen LogP contribution in [0.5, 0.6) is 0 Å². The first-order valence-electron chi connectivity index (χ1n) is 6.48. The molecular formula is C13H26O2Si3. The van der Waals surface area contributed by atoms with Gasteiger partial charge in [0, 0.05) is 0 Å². The van der Waals surface area contributed by atoms with E-state index < -0.39 is 25.2 Å². The Labute approximate surface area is 115 Å². The molecule has 2 nitrogen and oxygen atoms in total. The van der Waals surface area contributed by atoms with Crippen molar-refractivity contribution in [3.05, 3.63) is 30.3 Å². The van der Waals surface area contributed by atoms with Gasteiger partial charge in [0.05, 0.1) is 0 Å². The summed E-state index contributed by atoms with van der Waals surface area (Å²) in [6.45, 7) is 15.6. The predicted octanol–water partition coefficient (Wildman–Crippen LogP) is 3.67. The van der Waals surface area contributed by atoms with Crippen molar-refractivity contribution in [2.24, 2.45) is 0 Å². The third kappa shape index (κ3) is 5.19. The average Bonchev–Trinajstić information content (AvgIpc) is 2.13. The van der Waals surface area contributed by atoms with Gasteiger partial charge in [0.25, 0.3) is 0 Å². The lowest BCUT2D eigenvalue weighted by Crippen LogP contribution is -2.60. The third-order valence-electron chi connectivity index (χ3n) is 2.30. The molecular weight excluding hydrogens is 272 g/mol. The molecule has 1 rings (SSSR count). The van der Waals surface area contributed by atoms with Crippen LogP contribution in [0.15, 0.2) is 30.3 Å². The van der Waals surface area contributed by atoms with Crippen molar-refractivity contribution in [2.45, 2.75) is 45.8 Å². The van der Waals surface area contributed by atoms with Gasteiger partial charge in [0.2, 0.25) is 0 Å². The van der Waals surface area contributed by atoms with Gasteiger partial charge in [-0.05, 0) is 51.0 Å². The fourth-order valence-electron chi connectivity index (χ4n) is 2.05. The molecule has 0 aliphatic heterocycles. The standard InChI is InChI=1S/C13H26O2Si3/c1-16(2,3)14-18(7,15-17(4,5)6)13-11-9-8-10-12-13/h8-12H,1-7H3. The van der Waals surface area contributed by atoms with Crippen LogP contribution in [0.25, 0.3) is 0 Å². The van der Waals surface area contributed by atoms with Gasteiger partial charge in [0.1, 0.15) is 0 Å². The Morgan fingerprint density at radius 1 is 0.667 bits per heavy atom. The van der Waals surface area contributed by atoms with Gasteiger partial charge < -0.3 is 8.23 Å². The zero-order chi connectivity index (χ0) is 14.0. The Morgan fingerprint density at radius 3 is 1.39 bits per heavy atom. The molecule has 0 saturated heterocycles. The maximum atomic E-state index is 6.48. The molecule has 0 fully saturated rings. The maximum absolute atomic E-state index is 6.48. The lowest BCUT2D eigenvalue weighted by Gasteiger charge is -2.38. The van der Waals surface area contributed by atoms with Crippen LogP contribution < -0.4 is 5.19 Å². The average molecular weight is 299 g/mol. The summed E-state index contributed by atoms with van der Waals surface area (Å²) >= 11 is 0. The summed E-state index contributed by atoms with van der Waals surface area (Å²) in [5, 5.41) is 1.25. The molecule has 0 spiro atoms. The van der Waals surface area contributed by atoms with Crippen molar-refractivity contribution in [2.75, 3.05) is 0 Å². The SMILES string of the molecule is C[Si](C)(C)O[Si](C)(O[Si](C)(C)C)c1ccccc1. The van der Waals surface area contributed by atoms with Crippen LogP contribution in [0.3, 0.4) is 0 Å². The minimum atomic E-state index is -2.27. The molecule has 0 amide bonds. The van der Waals surface area contributed by atoms with Crippen LogP contribution in [0.2, 0.25) is 45.8 Å². The Hall–Kier alpha value is -0.209. The first-order chi connectivity index (χ1) is 8.02. The summed E-state index contributed by atoms with van der Waals surface area (Å²) in [7, 11) is -5.51. The molecule has 0 bridgehead atoms. The van der Waals surface area contributed by atoms with Crippen LogP contribution in [0.1, 0.15) is 0 Å². The molecule has 1 aromatic rings. The molecule has 0 aliphatic rings. The van der Waals surface area contributed by atoms with Gasteiger partial charge in [-0.1, -0.05) is 30.3 Å². The van der Waals surface area contributed by atoms with E-state index in [1.54, 1.807) is 0 Å². The lowest BCUT2D eigenvalue weighted by atomic mass is 10.4. The fourth-order valence-corrected chi connectivity index (χ4v) is 13.7. The van der Waals surface area contributed by atoms with E-state index in [2.05, 4.69) is 70.1 Å². The highest BCUT2D eigenvalue weighted by atomic mass is 28.5. The van der Waals surface area contributed by atoms with E-state index in [0.717, 1.165) is 0 Å². The first-order valence-corrected chi connectivity index (χ1v) is 15.6. The molecule has 18 heavy (non-hydrogen) atoms. The van der Waals surface area contributed by atoms with Gasteiger partial charge in [-0.2, -0.15) is 0 Å². The lowest BCUT2D eigenvalue weighted by molar-refractivity contribution is 0.404. The van der Waals surface area contributed by atoms with Crippen molar-refractivity contribution in [1.29, 1.82) is 0 Å². The molecule has 0 N–H and O–H groups in total. The molecule has 0 radical (unpaired) electrons. The molecule has 0 heterocycles. The van der Waals surface area contributed by atoms with Crippen molar-refractivity contribution < 1.29 is 8.23 Å². The predicted molar refractivity (Wildman–Crippen MR) is 86.6 cm³/mol. The van der Waals surface area contributed by atoms with Crippen molar-refractivity contribution in [3.8, 4) is 0 Å². The number of hydrogen-bond donors (Lipinski definition) is 0. The maximum Gasteiger partial charge on any atom is 0.348 e. The highest BCUT2D eigenvalue weighted by molar-refractivity contribution is 6.94. The van der Waals surface area contributed by atoms with Crippen LogP contribution in [0.4, 0.5) is 0 Å². The van der Waals surface area contributed by atoms with E-state index in [4.69, 9.17) is 8.23 Å². The number of rotatable bonds is 5. The van der Waals surface area contributed by atoms with E-state index in [-0.39, 0.29) is 0 Å². The van der Waals surface area contributed by atoms with E-state index in [9.17, 15) is 0 Å². The largest absolute Gasteiger partial charge is 0.433 e. The summed E-state index contributed by atoms with van der Waals surface area (Å²) in [6.07, 6.45) is 0. The minimum Gasteiger partial charge on any atom is -0.433 e. The first kappa shape index (κ1) is 15.8. The summed E-state index contributed by atoms with van der Waals surface area (Å²) in [4.78, 5) is 0. The van der Waals surface area contributed by atoms with E-state index >= 15 is 0 Å². The van der Waals surface area contributed by atoms with E-state index in [1.807, 2.05) is 6.07 Å². The highest BCUT2D eigenvalue weighted by Gasteiger charge is 2.41. The second-order valence-corrected chi connectivity index (χ2v) is 19.3. The molecule has 0 aliphatic carbocycles. The number of benzene rings is 1. The monoisotopic (exact) mass is 298 g/mol. The third-order valence-corrected chi connectivity index (χ3v) is 11.7. The van der Waals surface area contributed by atoms with Crippen LogP contribution in [-0.4, -0.2) is 25.2 Å². The Balaban J connectivity index is 3.09. The minimum absolute atomic E-state index is 1.25. The molecule has 0 aromatic heterocycles. The topological polar surface area (TPSA) is 18.5 Å². The molecule has 0 saturated carbocycles. The second-order valence-electron chi connectivity index (χ2n) is 6.74. The quantitative estimate of drug-likeness (QED) is 0.772. The van der Waals surface area contributed by atoms with Crippen molar-refractivity contribution >= 4 is 30.4 Å². The molecule has 102 valence electrons. The van der Waals surface area contributed by atoms with Gasteiger partial charge >= 0.3 is 8.56 Å². The van der Waals surface area contributed by atoms with E-state index in [0.29, 0.717) is 0 Å². The smallest absolute Gasteiger partial charge is 0.348 e. The highest BCUT2D eigenvalue weighted by Crippen LogP contribution is 2.20. The van der Waals surface area contributed by atoms with Crippen molar-refractivity contribution in [1.82, 2.24) is 0 Å². The zero-order valence-electron chi connectivity index (χ0n) is 12.7. The van der Waals surface area contributed by atoms with Crippen LogP contribution in [0, 0.1) is 0 Å². The molecule has 5 heteroatoms. The molecule has 1 aromatic carbocycles. The summed E-state index contributed by atoms with van der Waals surface area (Å²) in [6, 6.07) is 10.5. The van der Waals surface area contributed by atoms with Crippen LogP contribution in [-0.2, 0) is 8.23 Å². The Kier molecular flexibility index (Phi) is 4.77. The van der Waals surface area contributed by atoms with E-state index in [1.165, 1.54) is 5.19 Å². The summed E-state index contributed by atoms with van der Waals surface area (Å²) in [5.41, 5.74) is 0. The Morgan fingerprint density at radius 2 is 1.06 bits per heavy atom. The van der Waals surface area contributed by atoms with Gasteiger partial charge in [-0.3, -0.25) is 0 Å². The Bertz CT molecular complexity index is 363.